The minimum absolute atomic E-state index is 0.0264. The van der Waals surface area contributed by atoms with Crippen molar-refractivity contribution in [2.45, 2.75) is 13.1 Å². The molecule has 0 atom stereocenters. The molecule has 2 aromatic rings. The van der Waals surface area contributed by atoms with Gasteiger partial charge in [0.2, 0.25) is 0 Å². The second-order valence-corrected chi connectivity index (χ2v) is 4.49. The summed E-state index contributed by atoms with van der Waals surface area (Å²) in [6.07, 6.45) is 0. The van der Waals surface area contributed by atoms with Gasteiger partial charge in [0.1, 0.15) is 11.5 Å². The van der Waals surface area contributed by atoms with E-state index in [9.17, 15) is 0 Å². The van der Waals surface area contributed by atoms with Crippen LogP contribution in [0.15, 0.2) is 47.6 Å². The van der Waals surface area contributed by atoms with E-state index in [4.69, 9.17) is 10.9 Å². The monoisotopic (exact) mass is 254 g/mol. The molecule has 0 bridgehead atoms. The van der Waals surface area contributed by atoms with Gasteiger partial charge in [0, 0.05) is 13.1 Å². The zero-order chi connectivity index (χ0) is 13.2. The smallest absolute Gasteiger partial charge is 0.188 e. The van der Waals surface area contributed by atoms with Crippen LogP contribution in [0, 0.1) is 0 Å². The molecule has 0 saturated heterocycles. The number of hydrogen-bond donors (Lipinski definition) is 2. The topological polar surface area (TPSA) is 74.7 Å². The van der Waals surface area contributed by atoms with Crippen molar-refractivity contribution in [3.05, 3.63) is 59.3 Å². The lowest BCUT2D eigenvalue weighted by molar-refractivity contribution is 0.318. The molecular weight excluding hydrogens is 240 g/mol. The molecule has 0 unspecified atom stereocenters. The number of pyridine rings is 1. The van der Waals surface area contributed by atoms with E-state index in [0.717, 1.165) is 18.9 Å². The third kappa shape index (κ3) is 2.10. The summed E-state index contributed by atoms with van der Waals surface area (Å²) in [6.45, 7) is 1.67. The third-order valence-electron chi connectivity index (χ3n) is 3.27. The summed E-state index contributed by atoms with van der Waals surface area (Å²) in [5, 5.41) is 11.7. The average molecular weight is 254 g/mol. The molecule has 5 nitrogen and oxygen atoms in total. The SMILES string of the molecule is NC(=NO)c1cccc(N2Cc3ccccc3C2)n1. The lowest BCUT2D eigenvalue weighted by Crippen LogP contribution is -2.20. The Morgan fingerprint density at radius 2 is 1.79 bits per heavy atom. The summed E-state index contributed by atoms with van der Waals surface area (Å²) in [5.74, 6) is 0.860. The maximum atomic E-state index is 8.70. The molecule has 96 valence electrons. The minimum atomic E-state index is 0.0264. The lowest BCUT2D eigenvalue weighted by Gasteiger charge is -2.16. The highest BCUT2D eigenvalue weighted by Crippen LogP contribution is 2.26. The maximum absolute atomic E-state index is 8.70. The molecule has 0 spiro atoms. The number of aromatic nitrogens is 1. The van der Waals surface area contributed by atoms with Crippen molar-refractivity contribution in [1.82, 2.24) is 4.98 Å². The molecule has 0 fully saturated rings. The fourth-order valence-electron chi connectivity index (χ4n) is 2.29. The molecule has 2 heterocycles. The molecule has 0 saturated carbocycles. The highest BCUT2D eigenvalue weighted by atomic mass is 16.4. The normalized spacial score (nSPS) is 14.5. The van der Waals surface area contributed by atoms with E-state index in [-0.39, 0.29) is 5.84 Å². The molecule has 1 aliphatic heterocycles. The van der Waals surface area contributed by atoms with Gasteiger partial charge in [-0.1, -0.05) is 35.5 Å². The van der Waals surface area contributed by atoms with Gasteiger partial charge in [-0.2, -0.15) is 0 Å². The minimum Gasteiger partial charge on any atom is -0.409 e. The van der Waals surface area contributed by atoms with Crippen LogP contribution in [0.1, 0.15) is 16.8 Å². The van der Waals surface area contributed by atoms with E-state index in [2.05, 4.69) is 27.2 Å². The second kappa shape index (κ2) is 4.61. The Morgan fingerprint density at radius 1 is 1.11 bits per heavy atom. The van der Waals surface area contributed by atoms with Crippen LogP contribution in [0.2, 0.25) is 0 Å². The van der Waals surface area contributed by atoms with Crippen molar-refractivity contribution in [3.63, 3.8) is 0 Å². The highest BCUT2D eigenvalue weighted by molar-refractivity contribution is 5.95. The van der Waals surface area contributed by atoms with Crippen molar-refractivity contribution in [3.8, 4) is 0 Å². The number of nitrogens with zero attached hydrogens (tertiary/aromatic N) is 3. The number of amidine groups is 1. The van der Waals surface area contributed by atoms with E-state index >= 15 is 0 Å². The zero-order valence-electron chi connectivity index (χ0n) is 10.3. The van der Waals surface area contributed by atoms with Crippen LogP contribution in [-0.2, 0) is 13.1 Å². The molecule has 19 heavy (non-hydrogen) atoms. The Kier molecular flexibility index (Phi) is 2.79. The van der Waals surface area contributed by atoms with Gasteiger partial charge in [0.25, 0.3) is 0 Å². The molecule has 1 aromatic heterocycles. The first-order valence-corrected chi connectivity index (χ1v) is 6.04. The summed E-state index contributed by atoms with van der Waals surface area (Å²) in [4.78, 5) is 6.58. The summed E-state index contributed by atoms with van der Waals surface area (Å²) >= 11 is 0. The fourth-order valence-corrected chi connectivity index (χ4v) is 2.29. The van der Waals surface area contributed by atoms with E-state index in [1.54, 1.807) is 6.07 Å². The summed E-state index contributed by atoms with van der Waals surface area (Å²) in [7, 11) is 0. The second-order valence-electron chi connectivity index (χ2n) is 4.49. The van der Waals surface area contributed by atoms with Gasteiger partial charge >= 0.3 is 0 Å². The van der Waals surface area contributed by atoms with Crippen molar-refractivity contribution >= 4 is 11.7 Å². The van der Waals surface area contributed by atoms with Crippen molar-refractivity contribution in [1.29, 1.82) is 0 Å². The largest absolute Gasteiger partial charge is 0.409 e. The van der Waals surface area contributed by atoms with Crippen molar-refractivity contribution in [2.75, 3.05) is 4.90 Å². The standard InChI is InChI=1S/C14H14N4O/c15-14(17-19)12-6-3-7-13(16-12)18-8-10-4-1-2-5-11(10)9-18/h1-7,19H,8-9H2,(H2,15,17). The number of benzene rings is 1. The first-order chi connectivity index (χ1) is 9.28. The van der Waals surface area contributed by atoms with Crippen LogP contribution in [0.5, 0.6) is 0 Å². The van der Waals surface area contributed by atoms with Crippen LogP contribution >= 0.6 is 0 Å². The van der Waals surface area contributed by atoms with E-state index in [1.807, 2.05) is 24.3 Å². The highest BCUT2D eigenvalue weighted by Gasteiger charge is 2.19. The quantitative estimate of drug-likeness (QED) is 0.370. The molecule has 1 aromatic carbocycles. The first-order valence-electron chi connectivity index (χ1n) is 6.04. The van der Waals surface area contributed by atoms with Gasteiger partial charge in [0.05, 0.1) is 0 Å². The van der Waals surface area contributed by atoms with Gasteiger partial charge in [0.15, 0.2) is 5.84 Å². The Labute approximate surface area is 111 Å². The Morgan fingerprint density at radius 3 is 2.42 bits per heavy atom. The van der Waals surface area contributed by atoms with E-state index in [0.29, 0.717) is 5.69 Å². The van der Waals surface area contributed by atoms with Gasteiger partial charge in [-0.25, -0.2) is 4.98 Å². The molecule has 1 aliphatic rings. The number of anilines is 1. The number of nitrogens with two attached hydrogens (primary N) is 1. The fraction of sp³-hybridized carbons (Fsp3) is 0.143. The van der Waals surface area contributed by atoms with Gasteiger partial charge < -0.3 is 15.8 Å². The summed E-state index contributed by atoms with van der Waals surface area (Å²) in [5.41, 5.74) is 8.68. The van der Waals surface area contributed by atoms with Crippen LogP contribution in [0.3, 0.4) is 0 Å². The summed E-state index contributed by atoms with van der Waals surface area (Å²) in [6, 6.07) is 13.9. The van der Waals surface area contributed by atoms with E-state index in [1.165, 1.54) is 11.1 Å². The average Bonchev–Trinajstić information content (AvgIpc) is 2.90. The number of oxime groups is 1. The van der Waals surface area contributed by atoms with Crippen molar-refractivity contribution < 1.29 is 5.21 Å². The molecule has 3 N–H and O–H groups in total. The molecule has 0 amide bonds. The first kappa shape index (κ1) is 11.5. The van der Waals surface area contributed by atoms with Crippen LogP contribution in [0.4, 0.5) is 5.82 Å². The third-order valence-corrected chi connectivity index (χ3v) is 3.27. The Hall–Kier alpha value is -2.56. The van der Waals surface area contributed by atoms with Gasteiger partial charge in [-0.05, 0) is 23.3 Å². The molecule has 3 rings (SSSR count). The maximum Gasteiger partial charge on any atom is 0.188 e. The predicted octanol–water partition coefficient (Wildman–Crippen LogP) is 1.70. The summed E-state index contributed by atoms with van der Waals surface area (Å²) < 4.78 is 0. The van der Waals surface area contributed by atoms with E-state index < -0.39 is 0 Å². The Bertz CT molecular complexity index is 614. The van der Waals surface area contributed by atoms with Crippen LogP contribution in [-0.4, -0.2) is 16.0 Å². The Balaban J connectivity index is 1.89. The van der Waals surface area contributed by atoms with Gasteiger partial charge in [-0.15, -0.1) is 0 Å². The van der Waals surface area contributed by atoms with Crippen molar-refractivity contribution in [2.24, 2.45) is 10.9 Å². The molecule has 5 heteroatoms. The number of hydrogen-bond acceptors (Lipinski definition) is 4. The molecule has 0 aliphatic carbocycles. The van der Waals surface area contributed by atoms with Gasteiger partial charge in [-0.3, -0.25) is 0 Å². The molecule has 0 radical (unpaired) electrons. The predicted molar refractivity (Wildman–Crippen MR) is 73.1 cm³/mol. The number of fused-ring (bicyclic) bond motifs is 1. The molecular formula is C14H14N4O. The van der Waals surface area contributed by atoms with Crippen LogP contribution < -0.4 is 10.6 Å². The van der Waals surface area contributed by atoms with Crippen LogP contribution in [0.25, 0.3) is 0 Å². The lowest BCUT2D eigenvalue weighted by atomic mass is 10.1. The zero-order valence-corrected chi connectivity index (χ0v) is 10.3. The number of rotatable bonds is 2.